The van der Waals surface area contributed by atoms with Gasteiger partial charge in [0, 0.05) is 24.4 Å². The Morgan fingerprint density at radius 2 is 2.13 bits per heavy atom. The first-order valence-electron chi connectivity index (χ1n) is 8.19. The molecule has 1 aromatic rings. The van der Waals surface area contributed by atoms with Crippen molar-refractivity contribution in [3.8, 4) is 0 Å². The van der Waals surface area contributed by atoms with Crippen molar-refractivity contribution in [2.24, 2.45) is 0 Å². The molecule has 1 heterocycles. The van der Waals surface area contributed by atoms with Gasteiger partial charge in [0.1, 0.15) is 0 Å². The summed E-state index contributed by atoms with van der Waals surface area (Å²) in [6, 6.07) is -0.321. The number of anilines is 1. The van der Waals surface area contributed by atoms with E-state index >= 15 is 0 Å². The number of aliphatic carboxylic acids is 1. The minimum atomic E-state index is -0.864. The van der Waals surface area contributed by atoms with Crippen molar-refractivity contribution in [3.05, 3.63) is 11.9 Å². The average Bonchev–Trinajstić information content (AvgIpc) is 3.20. The van der Waals surface area contributed by atoms with E-state index in [0.717, 1.165) is 37.2 Å². The van der Waals surface area contributed by atoms with Crippen LogP contribution in [-0.4, -0.2) is 32.4 Å². The number of amides is 2. The van der Waals surface area contributed by atoms with Gasteiger partial charge in [0.15, 0.2) is 0 Å². The number of nitrogens with one attached hydrogen (secondary N) is 2. The molecule has 0 aliphatic heterocycles. The zero-order valence-electron chi connectivity index (χ0n) is 14.1. The number of rotatable bonds is 8. The van der Waals surface area contributed by atoms with Crippen LogP contribution >= 0.6 is 0 Å². The molecule has 1 aromatic heterocycles. The minimum Gasteiger partial charge on any atom is -0.481 e. The molecule has 2 amide bonds. The fourth-order valence-corrected chi connectivity index (χ4v) is 2.61. The summed E-state index contributed by atoms with van der Waals surface area (Å²) in [7, 11) is 0. The Morgan fingerprint density at radius 3 is 2.70 bits per heavy atom. The normalized spacial score (nSPS) is 14.6. The number of aryl methyl sites for hydroxylation is 1. The van der Waals surface area contributed by atoms with E-state index in [4.69, 9.17) is 5.11 Å². The predicted molar refractivity (Wildman–Crippen MR) is 87.6 cm³/mol. The van der Waals surface area contributed by atoms with Crippen molar-refractivity contribution in [1.29, 1.82) is 0 Å². The number of carboxylic acid groups (broad SMARTS) is 1. The summed E-state index contributed by atoms with van der Waals surface area (Å²) in [4.78, 5) is 22.9. The standard InChI is InChI=1S/C16H26N4O3/c1-4-9-20-14(11-5-6-11)12(10-17-20)18-15(23)19-16(2,3)8-7-13(21)22/h10-11H,4-9H2,1-3H3,(H,21,22)(H2,18,19,23). The Bertz CT molecular complexity index is 576. The van der Waals surface area contributed by atoms with Gasteiger partial charge in [0.25, 0.3) is 0 Å². The molecule has 128 valence electrons. The first kappa shape index (κ1) is 17.3. The summed E-state index contributed by atoms with van der Waals surface area (Å²) in [6.07, 6.45) is 5.36. The second-order valence-corrected chi connectivity index (χ2v) is 6.80. The van der Waals surface area contributed by atoms with E-state index < -0.39 is 11.5 Å². The van der Waals surface area contributed by atoms with Crippen LogP contribution in [0.15, 0.2) is 6.20 Å². The van der Waals surface area contributed by atoms with E-state index in [1.165, 1.54) is 0 Å². The fraction of sp³-hybridized carbons (Fsp3) is 0.688. The molecule has 23 heavy (non-hydrogen) atoms. The number of hydrogen-bond donors (Lipinski definition) is 3. The number of carbonyl (C=O) groups is 2. The Labute approximate surface area is 136 Å². The topological polar surface area (TPSA) is 96.3 Å². The smallest absolute Gasteiger partial charge is 0.319 e. The van der Waals surface area contributed by atoms with E-state index in [-0.39, 0.29) is 12.5 Å². The molecule has 1 saturated carbocycles. The maximum absolute atomic E-state index is 12.2. The van der Waals surface area contributed by atoms with E-state index in [1.807, 2.05) is 18.5 Å². The van der Waals surface area contributed by atoms with Crippen LogP contribution in [0.25, 0.3) is 0 Å². The van der Waals surface area contributed by atoms with Gasteiger partial charge in [-0.05, 0) is 39.5 Å². The van der Waals surface area contributed by atoms with Gasteiger partial charge in [0.2, 0.25) is 0 Å². The lowest BCUT2D eigenvalue weighted by Gasteiger charge is -2.25. The molecule has 0 spiro atoms. The summed E-state index contributed by atoms with van der Waals surface area (Å²) in [5.41, 5.74) is 1.28. The predicted octanol–water partition coefficient (Wildman–Crippen LogP) is 2.94. The zero-order chi connectivity index (χ0) is 17.0. The molecule has 7 heteroatoms. The highest BCUT2D eigenvalue weighted by Gasteiger charge is 2.31. The Hall–Kier alpha value is -2.05. The Balaban J connectivity index is 1.98. The van der Waals surface area contributed by atoms with Crippen LogP contribution in [0, 0.1) is 0 Å². The third-order valence-corrected chi connectivity index (χ3v) is 3.94. The van der Waals surface area contributed by atoms with Crippen molar-refractivity contribution in [2.75, 3.05) is 5.32 Å². The maximum atomic E-state index is 12.2. The van der Waals surface area contributed by atoms with E-state index in [9.17, 15) is 9.59 Å². The van der Waals surface area contributed by atoms with Gasteiger partial charge >= 0.3 is 12.0 Å². The lowest BCUT2D eigenvalue weighted by atomic mass is 9.99. The third-order valence-electron chi connectivity index (χ3n) is 3.94. The largest absolute Gasteiger partial charge is 0.481 e. The number of nitrogens with zero attached hydrogens (tertiary/aromatic N) is 2. The minimum absolute atomic E-state index is 0.0229. The second kappa shape index (κ2) is 7.02. The Kier molecular flexibility index (Phi) is 5.28. The molecule has 0 bridgehead atoms. The number of carboxylic acids is 1. The molecule has 7 nitrogen and oxygen atoms in total. The van der Waals surface area contributed by atoms with Crippen molar-refractivity contribution < 1.29 is 14.7 Å². The van der Waals surface area contributed by atoms with Crippen LogP contribution in [-0.2, 0) is 11.3 Å². The van der Waals surface area contributed by atoms with Gasteiger partial charge in [0.05, 0.1) is 17.6 Å². The molecule has 0 radical (unpaired) electrons. The lowest BCUT2D eigenvalue weighted by molar-refractivity contribution is -0.137. The molecule has 0 aromatic carbocycles. The van der Waals surface area contributed by atoms with Gasteiger partial charge in [-0.3, -0.25) is 9.48 Å². The number of aromatic nitrogens is 2. The van der Waals surface area contributed by atoms with Crippen LogP contribution in [0.2, 0.25) is 0 Å². The van der Waals surface area contributed by atoms with E-state index in [2.05, 4.69) is 22.7 Å². The monoisotopic (exact) mass is 322 g/mol. The number of hydrogen-bond acceptors (Lipinski definition) is 3. The summed E-state index contributed by atoms with van der Waals surface area (Å²) in [6.45, 7) is 6.58. The van der Waals surface area contributed by atoms with Crippen molar-refractivity contribution in [3.63, 3.8) is 0 Å². The molecule has 2 rings (SSSR count). The molecule has 1 aliphatic rings. The summed E-state index contributed by atoms with van der Waals surface area (Å²) >= 11 is 0. The summed E-state index contributed by atoms with van der Waals surface area (Å²) in [5, 5.41) is 18.8. The van der Waals surface area contributed by atoms with Gasteiger partial charge in [-0.2, -0.15) is 5.10 Å². The zero-order valence-corrected chi connectivity index (χ0v) is 14.1. The van der Waals surface area contributed by atoms with Gasteiger partial charge < -0.3 is 15.7 Å². The molecule has 0 unspecified atom stereocenters. The van der Waals surface area contributed by atoms with Crippen LogP contribution in [0.3, 0.4) is 0 Å². The van der Waals surface area contributed by atoms with Gasteiger partial charge in [-0.25, -0.2) is 4.79 Å². The molecular formula is C16H26N4O3. The highest BCUT2D eigenvalue weighted by molar-refractivity contribution is 5.90. The first-order valence-corrected chi connectivity index (χ1v) is 8.19. The molecule has 0 atom stereocenters. The third kappa shape index (κ3) is 4.97. The van der Waals surface area contributed by atoms with Crippen molar-refractivity contribution >= 4 is 17.7 Å². The fourth-order valence-electron chi connectivity index (χ4n) is 2.61. The van der Waals surface area contributed by atoms with Crippen molar-refractivity contribution in [2.45, 2.75) is 70.9 Å². The van der Waals surface area contributed by atoms with Crippen LogP contribution < -0.4 is 10.6 Å². The van der Waals surface area contributed by atoms with Crippen molar-refractivity contribution in [1.82, 2.24) is 15.1 Å². The van der Waals surface area contributed by atoms with E-state index in [0.29, 0.717) is 12.3 Å². The van der Waals surface area contributed by atoms with E-state index in [1.54, 1.807) is 6.20 Å². The number of carbonyl (C=O) groups excluding carboxylic acids is 1. The Morgan fingerprint density at radius 1 is 1.43 bits per heavy atom. The van der Waals surface area contributed by atoms with Crippen LogP contribution in [0.1, 0.15) is 64.5 Å². The number of urea groups is 1. The second-order valence-electron chi connectivity index (χ2n) is 6.80. The molecule has 3 N–H and O–H groups in total. The summed E-state index contributed by atoms with van der Waals surface area (Å²) in [5.74, 6) is -0.378. The molecule has 1 fully saturated rings. The lowest BCUT2D eigenvalue weighted by Crippen LogP contribution is -2.45. The first-order chi connectivity index (χ1) is 10.8. The SMILES string of the molecule is CCCn1ncc(NC(=O)NC(C)(C)CCC(=O)O)c1C1CC1. The van der Waals surface area contributed by atoms with Crippen LogP contribution in [0.4, 0.5) is 10.5 Å². The average molecular weight is 322 g/mol. The maximum Gasteiger partial charge on any atom is 0.319 e. The van der Waals surface area contributed by atoms with Gasteiger partial charge in [-0.15, -0.1) is 0 Å². The molecule has 0 saturated heterocycles. The highest BCUT2D eigenvalue weighted by Crippen LogP contribution is 2.43. The van der Waals surface area contributed by atoms with Gasteiger partial charge in [-0.1, -0.05) is 6.92 Å². The van der Waals surface area contributed by atoms with Crippen LogP contribution in [0.5, 0.6) is 0 Å². The quantitative estimate of drug-likeness (QED) is 0.685. The molecular weight excluding hydrogens is 296 g/mol. The molecule has 1 aliphatic carbocycles. The highest BCUT2D eigenvalue weighted by atomic mass is 16.4. The summed E-state index contributed by atoms with van der Waals surface area (Å²) < 4.78 is 1.98.